The highest BCUT2D eigenvalue weighted by atomic mass is 16.4. The van der Waals surface area contributed by atoms with E-state index >= 15 is 0 Å². The van der Waals surface area contributed by atoms with E-state index in [1.54, 1.807) is 6.20 Å². The van der Waals surface area contributed by atoms with Crippen LogP contribution in [0.2, 0.25) is 0 Å². The quantitative estimate of drug-likeness (QED) is 0.533. The van der Waals surface area contributed by atoms with Crippen molar-refractivity contribution in [3.63, 3.8) is 0 Å². The molecule has 0 spiro atoms. The molecule has 0 saturated carbocycles. The highest BCUT2D eigenvalue weighted by Crippen LogP contribution is 2.30. The SMILES string of the molecule is c1ccc(-c2nnc(-c3cccnc3N3CCN(c4ccccn4)CC3)o2)cc1. The van der Waals surface area contributed by atoms with Gasteiger partial charge < -0.3 is 14.2 Å². The van der Waals surface area contributed by atoms with E-state index in [1.165, 1.54) is 0 Å². The van der Waals surface area contributed by atoms with Crippen LogP contribution in [0, 0.1) is 0 Å². The van der Waals surface area contributed by atoms with Crippen LogP contribution in [-0.2, 0) is 0 Å². The normalized spacial score (nSPS) is 14.2. The summed E-state index contributed by atoms with van der Waals surface area (Å²) >= 11 is 0. The summed E-state index contributed by atoms with van der Waals surface area (Å²) in [6, 6.07) is 19.7. The van der Waals surface area contributed by atoms with Gasteiger partial charge >= 0.3 is 0 Å². The van der Waals surface area contributed by atoms with Gasteiger partial charge in [0.1, 0.15) is 11.6 Å². The Morgan fingerprint density at radius 2 is 1.38 bits per heavy atom. The maximum absolute atomic E-state index is 5.97. The van der Waals surface area contributed by atoms with Crippen molar-refractivity contribution in [3.8, 4) is 22.9 Å². The van der Waals surface area contributed by atoms with Crippen LogP contribution < -0.4 is 9.80 Å². The summed E-state index contributed by atoms with van der Waals surface area (Å²) in [5.41, 5.74) is 1.76. The van der Waals surface area contributed by atoms with E-state index in [4.69, 9.17) is 4.42 Å². The van der Waals surface area contributed by atoms with Crippen LogP contribution in [-0.4, -0.2) is 46.3 Å². The molecule has 0 amide bonds. The van der Waals surface area contributed by atoms with Crippen LogP contribution in [0.3, 0.4) is 0 Å². The summed E-state index contributed by atoms with van der Waals surface area (Å²) in [6.45, 7) is 3.46. The number of hydrogen-bond acceptors (Lipinski definition) is 7. The van der Waals surface area contributed by atoms with Crippen molar-refractivity contribution in [2.45, 2.75) is 0 Å². The van der Waals surface area contributed by atoms with Crippen molar-refractivity contribution in [2.24, 2.45) is 0 Å². The van der Waals surface area contributed by atoms with E-state index in [-0.39, 0.29) is 0 Å². The monoisotopic (exact) mass is 384 g/mol. The van der Waals surface area contributed by atoms with Crippen LogP contribution in [0.4, 0.5) is 11.6 Å². The van der Waals surface area contributed by atoms with Gasteiger partial charge in [-0.2, -0.15) is 0 Å². The predicted octanol–water partition coefficient (Wildman–Crippen LogP) is 3.52. The van der Waals surface area contributed by atoms with Gasteiger partial charge in [0.15, 0.2) is 0 Å². The molecule has 0 bridgehead atoms. The third-order valence-corrected chi connectivity index (χ3v) is 5.02. The van der Waals surface area contributed by atoms with Gasteiger partial charge in [-0.15, -0.1) is 10.2 Å². The summed E-state index contributed by atoms with van der Waals surface area (Å²) in [5.74, 6) is 2.88. The second kappa shape index (κ2) is 7.71. The van der Waals surface area contributed by atoms with Gasteiger partial charge in [-0.1, -0.05) is 24.3 Å². The number of benzene rings is 1. The van der Waals surface area contributed by atoms with E-state index in [0.717, 1.165) is 48.9 Å². The number of pyridine rings is 2. The molecule has 1 aliphatic heterocycles. The van der Waals surface area contributed by atoms with E-state index < -0.39 is 0 Å². The summed E-state index contributed by atoms with van der Waals surface area (Å²) in [4.78, 5) is 13.6. The average Bonchev–Trinajstić information content (AvgIpc) is 3.31. The average molecular weight is 384 g/mol. The summed E-state index contributed by atoms with van der Waals surface area (Å²) in [5, 5.41) is 8.50. The minimum absolute atomic E-state index is 0.485. The lowest BCUT2D eigenvalue weighted by molar-refractivity contribution is 0.582. The first kappa shape index (κ1) is 17.4. The fraction of sp³-hybridized carbons (Fsp3) is 0.182. The van der Waals surface area contributed by atoms with E-state index in [9.17, 15) is 0 Å². The summed E-state index contributed by atoms with van der Waals surface area (Å²) in [6.07, 6.45) is 3.64. The number of nitrogens with zero attached hydrogens (tertiary/aromatic N) is 6. The van der Waals surface area contributed by atoms with Crippen molar-refractivity contribution in [1.82, 2.24) is 20.2 Å². The molecular formula is C22H20N6O. The first-order valence-electron chi connectivity index (χ1n) is 9.64. The number of piperazine rings is 1. The van der Waals surface area contributed by atoms with Gasteiger partial charge in [-0.05, 0) is 36.4 Å². The van der Waals surface area contributed by atoms with Crippen LogP contribution >= 0.6 is 0 Å². The predicted molar refractivity (Wildman–Crippen MR) is 112 cm³/mol. The van der Waals surface area contributed by atoms with E-state index in [0.29, 0.717) is 11.8 Å². The Bertz CT molecular complexity index is 1070. The van der Waals surface area contributed by atoms with Gasteiger partial charge in [0.05, 0.1) is 5.56 Å². The molecule has 1 saturated heterocycles. The number of anilines is 2. The first-order chi connectivity index (χ1) is 14.4. The molecule has 5 rings (SSSR count). The molecule has 29 heavy (non-hydrogen) atoms. The fourth-order valence-corrected chi connectivity index (χ4v) is 3.53. The molecule has 144 valence electrons. The minimum atomic E-state index is 0.485. The van der Waals surface area contributed by atoms with Crippen LogP contribution in [0.25, 0.3) is 22.9 Å². The molecule has 3 aromatic heterocycles. The molecule has 0 radical (unpaired) electrons. The van der Waals surface area contributed by atoms with Crippen LogP contribution in [0.1, 0.15) is 0 Å². The van der Waals surface area contributed by atoms with E-state index in [2.05, 4.69) is 30.0 Å². The molecule has 0 unspecified atom stereocenters. The molecular weight excluding hydrogens is 364 g/mol. The second-order valence-corrected chi connectivity index (χ2v) is 6.81. The molecule has 7 heteroatoms. The lowest BCUT2D eigenvalue weighted by Crippen LogP contribution is -2.47. The van der Waals surface area contributed by atoms with Crippen molar-refractivity contribution in [2.75, 3.05) is 36.0 Å². The molecule has 0 aliphatic carbocycles. The maximum atomic E-state index is 5.97. The lowest BCUT2D eigenvalue weighted by atomic mass is 10.2. The number of hydrogen-bond donors (Lipinski definition) is 0. The van der Waals surface area contributed by atoms with Crippen molar-refractivity contribution < 1.29 is 4.42 Å². The molecule has 1 aromatic carbocycles. The summed E-state index contributed by atoms with van der Waals surface area (Å²) in [7, 11) is 0. The Kier molecular flexibility index (Phi) is 4.62. The zero-order valence-electron chi connectivity index (χ0n) is 15.8. The zero-order valence-corrected chi connectivity index (χ0v) is 15.8. The molecule has 4 heterocycles. The van der Waals surface area contributed by atoms with Crippen molar-refractivity contribution in [3.05, 3.63) is 73.1 Å². The van der Waals surface area contributed by atoms with E-state index in [1.807, 2.05) is 66.9 Å². The van der Waals surface area contributed by atoms with Gasteiger partial charge in [-0.3, -0.25) is 0 Å². The molecule has 0 N–H and O–H groups in total. The van der Waals surface area contributed by atoms with Crippen LogP contribution in [0.5, 0.6) is 0 Å². The Balaban J connectivity index is 1.38. The van der Waals surface area contributed by atoms with Crippen molar-refractivity contribution >= 4 is 11.6 Å². The second-order valence-electron chi connectivity index (χ2n) is 6.81. The Hall–Kier alpha value is -3.74. The summed E-state index contributed by atoms with van der Waals surface area (Å²) < 4.78 is 5.97. The Morgan fingerprint density at radius 3 is 2.17 bits per heavy atom. The maximum Gasteiger partial charge on any atom is 0.251 e. The largest absolute Gasteiger partial charge is 0.416 e. The number of aromatic nitrogens is 4. The minimum Gasteiger partial charge on any atom is -0.416 e. The van der Waals surface area contributed by atoms with Crippen molar-refractivity contribution in [1.29, 1.82) is 0 Å². The number of rotatable bonds is 4. The Labute approximate surface area is 168 Å². The van der Waals surface area contributed by atoms with Gasteiger partial charge in [0, 0.05) is 44.1 Å². The van der Waals surface area contributed by atoms with Gasteiger partial charge in [0.25, 0.3) is 5.89 Å². The first-order valence-corrected chi connectivity index (χ1v) is 9.64. The highest BCUT2D eigenvalue weighted by Gasteiger charge is 2.23. The lowest BCUT2D eigenvalue weighted by Gasteiger charge is -2.36. The molecule has 1 fully saturated rings. The van der Waals surface area contributed by atoms with Gasteiger partial charge in [0.2, 0.25) is 5.89 Å². The third-order valence-electron chi connectivity index (χ3n) is 5.02. The van der Waals surface area contributed by atoms with Crippen LogP contribution in [0.15, 0.2) is 77.5 Å². The molecule has 4 aromatic rings. The molecule has 1 aliphatic rings. The topological polar surface area (TPSA) is 71.2 Å². The highest BCUT2D eigenvalue weighted by molar-refractivity contribution is 5.71. The fourth-order valence-electron chi connectivity index (χ4n) is 3.53. The zero-order chi connectivity index (χ0) is 19.5. The molecule has 0 atom stereocenters. The standard InChI is InChI=1S/C22H20N6O/c1-2-7-17(8-3-1)21-25-26-22(29-21)18-9-6-12-24-20(18)28-15-13-27(14-16-28)19-10-4-5-11-23-19/h1-12H,13-16H2. The van der Waals surface area contributed by atoms with Gasteiger partial charge in [-0.25, -0.2) is 9.97 Å². The smallest absolute Gasteiger partial charge is 0.251 e. The Morgan fingerprint density at radius 1 is 0.655 bits per heavy atom. The third kappa shape index (κ3) is 3.54. The molecule has 7 nitrogen and oxygen atoms in total.